The molecular formula is C22H14N4O. The van der Waals surface area contributed by atoms with Crippen LogP contribution >= 0.6 is 0 Å². The summed E-state index contributed by atoms with van der Waals surface area (Å²) in [7, 11) is 0. The quantitative estimate of drug-likeness (QED) is 0.475. The number of pyridine rings is 1. The molecule has 0 N–H and O–H groups in total. The van der Waals surface area contributed by atoms with Crippen LogP contribution in [0.5, 0.6) is 0 Å². The Kier molecular flexibility index (Phi) is 3.50. The Morgan fingerprint density at radius 2 is 1.48 bits per heavy atom. The van der Waals surface area contributed by atoms with Crippen LogP contribution < -0.4 is 0 Å². The van der Waals surface area contributed by atoms with E-state index < -0.39 is 0 Å². The van der Waals surface area contributed by atoms with Crippen LogP contribution in [0.2, 0.25) is 0 Å². The van der Waals surface area contributed by atoms with Gasteiger partial charge in [0.1, 0.15) is 5.52 Å². The fourth-order valence-electron chi connectivity index (χ4n) is 3.24. The first kappa shape index (κ1) is 15.4. The van der Waals surface area contributed by atoms with E-state index in [1.54, 1.807) is 0 Å². The molecule has 2 heterocycles. The van der Waals surface area contributed by atoms with Crippen molar-refractivity contribution in [1.29, 1.82) is 0 Å². The van der Waals surface area contributed by atoms with Gasteiger partial charge in [0.2, 0.25) is 0 Å². The molecule has 0 unspecified atom stereocenters. The Morgan fingerprint density at radius 1 is 0.778 bits per heavy atom. The summed E-state index contributed by atoms with van der Waals surface area (Å²) >= 11 is 0. The summed E-state index contributed by atoms with van der Waals surface area (Å²) in [5.41, 5.74) is 4.40. The summed E-state index contributed by atoms with van der Waals surface area (Å²) in [6.45, 7) is 0. The van der Waals surface area contributed by atoms with E-state index >= 15 is 0 Å². The zero-order valence-corrected chi connectivity index (χ0v) is 14.3. The molecule has 3 aromatic carbocycles. The second-order valence-electron chi connectivity index (χ2n) is 6.23. The molecule has 27 heavy (non-hydrogen) atoms. The van der Waals surface area contributed by atoms with Crippen molar-refractivity contribution in [3.05, 3.63) is 90.5 Å². The lowest BCUT2D eigenvalue weighted by Gasteiger charge is -2.09. The smallest absolute Gasteiger partial charge is 0.267 e. The molecule has 0 fully saturated rings. The SMILES string of the molecule is O=C(c1cc(-c2ccccc2)nc2ccccc12)n1nnc2ccccc21. The number of benzene rings is 3. The molecular weight excluding hydrogens is 336 g/mol. The number of fused-ring (bicyclic) bond motifs is 2. The highest BCUT2D eigenvalue weighted by atomic mass is 16.2. The standard InChI is InChI=1S/C22H14N4O/c27-22(26-21-13-7-6-12-19(21)24-25-26)17-14-20(15-8-2-1-3-9-15)23-18-11-5-4-10-16(17)18/h1-14H. The van der Waals surface area contributed by atoms with Crippen LogP contribution in [0.4, 0.5) is 0 Å². The zero-order valence-electron chi connectivity index (χ0n) is 14.3. The molecule has 5 nitrogen and oxygen atoms in total. The van der Waals surface area contributed by atoms with Crippen LogP contribution in [0.25, 0.3) is 33.2 Å². The third-order valence-electron chi connectivity index (χ3n) is 4.56. The predicted molar refractivity (Wildman–Crippen MR) is 104 cm³/mol. The Morgan fingerprint density at radius 3 is 2.33 bits per heavy atom. The van der Waals surface area contributed by atoms with E-state index in [4.69, 9.17) is 4.98 Å². The Hall–Kier alpha value is -3.86. The summed E-state index contributed by atoms with van der Waals surface area (Å²) in [4.78, 5) is 18.1. The van der Waals surface area contributed by atoms with E-state index in [1.807, 2.05) is 84.9 Å². The first-order chi connectivity index (χ1) is 13.3. The summed E-state index contributed by atoms with van der Waals surface area (Å²) in [5.74, 6) is -0.223. The van der Waals surface area contributed by atoms with Gasteiger partial charge in [0.05, 0.1) is 22.3 Å². The molecule has 2 aromatic heterocycles. The lowest BCUT2D eigenvalue weighted by atomic mass is 10.0. The molecule has 0 spiro atoms. The number of carbonyl (C=O) groups excluding carboxylic acids is 1. The third-order valence-corrected chi connectivity index (χ3v) is 4.56. The fourth-order valence-corrected chi connectivity index (χ4v) is 3.24. The fraction of sp³-hybridized carbons (Fsp3) is 0. The van der Waals surface area contributed by atoms with E-state index in [0.29, 0.717) is 16.6 Å². The highest BCUT2D eigenvalue weighted by molar-refractivity contribution is 6.09. The summed E-state index contributed by atoms with van der Waals surface area (Å²) < 4.78 is 1.35. The molecule has 0 saturated heterocycles. The van der Waals surface area contributed by atoms with Crippen LogP contribution in [0.15, 0.2) is 84.9 Å². The lowest BCUT2D eigenvalue weighted by molar-refractivity contribution is 0.0950. The van der Waals surface area contributed by atoms with Crippen molar-refractivity contribution in [3.8, 4) is 11.3 Å². The van der Waals surface area contributed by atoms with Gasteiger partial charge in [-0.2, -0.15) is 4.68 Å². The molecule has 5 heteroatoms. The average Bonchev–Trinajstić information content (AvgIpc) is 3.17. The van der Waals surface area contributed by atoms with Gasteiger partial charge in [-0.3, -0.25) is 4.79 Å². The van der Waals surface area contributed by atoms with Crippen molar-refractivity contribution >= 4 is 27.8 Å². The predicted octanol–water partition coefficient (Wildman–Crippen LogP) is 4.34. The van der Waals surface area contributed by atoms with E-state index in [1.165, 1.54) is 4.68 Å². The number of para-hydroxylation sites is 2. The highest BCUT2D eigenvalue weighted by Crippen LogP contribution is 2.26. The second-order valence-corrected chi connectivity index (χ2v) is 6.23. The average molecular weight is 350 g/mol. The Labute approximate surface area is 154 Å². The molecule has 5 aromatic rings. The largest absolute Gasteiger partial charge is 0.280 e. The van der Waals surface area contributed by atoms with Gasteiger partial charge in [-0.15, -0.1) is 5.10 Å². The van der Waals surface area contributed by atoms with E-state index in [-0.39, 0.29) is 5.91 Å². The van der Waals surface area contributed by atoms with Crippen LogP contribution in [0.1, 0.15) is 10.4 Å². The van der Waals surface area contributed by atoms with Crippen molar-refractivity contribution in [2.24, 2.45) is 0 Å². The van der Waals surface area contributed by atoms with Crippen molar-refractivity contribution in [2.75, 3.05) is 0 Å². The number of hydrogen-bond acceptors (Lipinski definition) is 4. The first-order valence-electron chi connectivity index (χ1n) is 8.61. The number of nitrogens with zero attached hydrogens (tertiary/aromatic N) is 4. The van der Waals surface area contributed by atoms with Crippen LogP contribution in [0.3, 0.4) is 0 Å². The first-order valence-corrected chi connectivity index (χ1v) is 8.61. The summed E-state index contributed by atoms with van der Waals surface area (Å²) in [6, 6.07) is 26.7. The molecule has 0 aliphatic heterocycles. The van der Waals surface area contributed by atoms with Crippen molar-refractivity contribution in [3.63, 3.8) is 0 Å². The van der Waals surface area contributed by atoms with E-state index in [0.717, 1.165) is 22.2 Å². The van der Waals surface area contributed by atoms with Gasteiger partial charge in [0, 0.05) is 10.9 Å². The molecule has 128 valence electrons. The molecule has 0 atom stereocenters. The summed E-state index contributed by atoms with van der Waals surface area (Å²) in [6.07, 6.45) is 0. The minimum absolute atomic E-state index is 0.223. The van der Waals surface area contributed by atoms with Gasteiger partial charge in [0.15, 0.2) is 0 Å². The maximum atomic E-state index is 13.4. The van der Waals surface area contributed by atoms with Gasteiger partial charge in [-0.25, -0.2) is 4.98 Å². The molecule has 0 aliphatic carbocycles. The number of rotatable bonds is 2. The second kappa shape index (κ2) is 6.14. The molecule has 0 amide bonds. The maximum absolute atomic E-state index is 13.4. The Bertz CT molecular complexity index is 1290. The normalized spacial score (nSPS) is 11.1. The number of hydrogen-bond donors (Lipinski definition) is 0. The van der Waals surface area contributed by atoms with Gasteiger partial charge in [-0.05, 0) is 24.3 Å². The van der Waals surface area contributed by atoms with Crippen molar-refractivity contribution < 1.29 is 4.79 Å². The minimum atomic E-state index is -0.223. The highest BCUT2D eigenvalue weighted by Gasteiger charge is 2.18. The third kappa shape index (κ3) is 2.57. The molecule has 0 bridgehead atoms. The molecule has 0 saturated carbocycles. The van der Waals surface area contributed by atoms with Crippen LogP contribution in [-0.4, -0.2) is 25.9 Å². The lowest BCUT2D eigenvalue weighted by Crippen LogP contribution is -2.14. The molecule has 5 rings (SSSR count). The molecule has 0 aliphatic rings. The monoisotopic (exact) mass is 350 g/mol. The van der Waals surface area contributed by atoms with Crippen molar-refractivity contribution in [2.45, 2.75) is 0 Å². The summed E-state index contributed by atoms with van der Waals surface area (Å²) in [5, 5.41) is 8.97. The Balaban J connectivity index is 1.75. The van der Waals surface area contributed by atoms with Gasteiger partial charge in [-0.1, -0.05) is 65.9 Å². The maximum Gasteiger partial charge on any atom is 0.280 e. The van der Waals surface area contributed by atoms with Gasteiger partial charge >= 0.3 is 0 Å². The number of carbonyl (C=O) groups is 1. The zero-order chi connectivity index (χ0) is 18.2. The molecule has 0 radical (unpaired) electrons. The minimum Gasteiger partial charge on any atom is -0.267 e. The van der Waals surface area contributed by atoms with Gasteiger partial charge < -0.3 is 0 Å². The van der Waals surface area contributed by atoms with E-state index in [9.17, 15) is 4.79 Å². The van der Waals surface area contributed by atoms with Crippen LogP contribution in [-0.2, 0) is 0 Å². The van der Waals surface area contributed by atoms with Crippen molar-refractivity contribution in [1.82, 2.24) is 20.0 Å². The van der Waals surface area contributed by atoms with Gasteiger partial charge in [0.25, 0.3) is 5.91 Å². The van der Waals surface area contributed by atoms with E-state index in [2.05, 4.69) is 10.3 Å². The number of aromatic nitrogens is 4. The topological polar surface area (TPSA) is 60.7 Å². The van der Waals surface area contributed by atoms with Crippen LogP contribution in [0, 0.1) is 0 Å².